The Hall–Kier alpha value is -1.50. The van der Waals surface area contributed by atoms with Gasteiger partial charge in [0.15, 0.2) is 11.5 Å². The molecule has 3 heterocycles. The molecular formula is C11H16N5O10P3. The molecule has 0 aliphatic carbocycles. The fourth-order valence-corrected chi connectivity index (χ4v) is 5.87. The molecule has 0 radical (unpaired) electrons. The number of aromatic nitrogens is 4. The molecule has 2 unspecified atom stereocenters. The molecule has 29 heavy (non-hydrogen) atoms. The number of anilines is 1. The number of fused-ring (bicyclic) bond motifs is 1. The fourth-order valence-electron chi connectivity index (χ4n) is 2.60. The van der Waals surface area contributed by atoms with Gasteiger partial charge in [-0.1, -0.05) is 0 Å². The first-order chi connectivity index (χ1) is 13.4. The van der Waals surface area contributed by atoms with Gasteiger partial charge in [-0.2, -0.15) is 4.31 Å². The Balaban J connectivity index is 1.66. The molecule has 3 rings (SSSR count). The molecule has 1 fully saturated rings. The molecule has 18 heteroatoms. The molecule has 6 N–H and O–H groups in total. The zero-order valence-corrected chi connectivity index (χ0v) is 17.0. The molecule has 0 saturated carbocycles. The van der Waals surface area contributed by atoms with Gasteiger partial charge in [-0.3, -0.25) is 9.13 Å². The standard InChI is InChI=1S/C11H16N5O10P3/c12-10-9-11(14-5-13-10)16(6-15-9)8-2-1-7(24-8)3-4-27(17,18)25-29(22,23)26-28(19,20)21/h3-8H,1-2H2,(H,17,18)(H,22,23)(H2,12,13,14)(H2,19,20,21)/b4-3+/t7-,8+/m0/s1. The van der Waals surface area contributed by atoms with Crippen LogP contribution in [0.2, 0.25) is 0 Å². The third-order valence-corrected chi connectivity index (χ3v) is 7.63. The van der Waals surface area contributed by atoms with Crippen LogP contribution in [0.1, 0.15) is 19.1 Å². The Bertz CT molecular complexity index is 1080. The zero-order valence-electron chi connectivity index (χ0n) is 14.3. The van der Waals surface area contributed by atoms with Gasteiger partial charge >= 0.3 is 23.2 Å². The molecule has 4 atom stereocenters. The molecule has 1 saturated heterocycles. The summed E-state index contributed by atoms with van der Waals surface area (Å²) in [7, 11) is -15.8. The lowest BCUT2D eigenvalue weighted by molar-refractivity contribution is 0.0259. The number of hydrogen-bond acceptors (Lipinski definition) is 10. The molecule has 1 aliphatic rings. The van der Waals surface area contributed by atoms with Crippen molar-refractivity contribution < 1.29 is 46.6 Å². The van der Waals surface area contributed by atoms with Crippen molar-refractivity contribution in [2.75, 3.05) is 5.73 Å². The van der Waals surface area contributed by atoms with Gasteiger partial charge in [0.1, 0.15) is 18.1 Å². The molecule has 0 amide bonds. The first kappa shape index (κ1) is 22.2. The van der Waals surface area contributed by atoms with Crippen molar-refractivity contribution in [3.63, 3.8) is 0 Å². The van der Waals surface area contributed by atoms with E-state index in [9.17, 15) is 18.6 Å². The van der Waals surface area contributed by atoms with Crippen molar-refractivity contribution in [2.24, 2.45) is 0 Å². The minimum atomic E-state index is -5.49. The Labute approximate surface area is 162 Å². The predicted octanol–water partition coefficient (Wildman–Crippen LogP) is 1.01. The van der Waals surface area contributed by atoms with Crippen LogP contribution in [-0.2, 0) is 27.1 Å². The average Bonchev–Trinajstić information content (AvgIpc) is 3.16. The second-order valence-electron chi connectivity index (χ2n) is 5.82. The quantitative estimate of drug-likeness (QED) is 0.355. The zero-order chi connectivity index (χ0) is 21.4. The Morgan fingerprint density at radius 3 is 2.55 bits per heavy atom. The van der Waals surface area contributed by atoms with Crippen LogP contribution in [0.3, 0.4) is 0 Å². The van der Waals surface area contributed by atoms with E-state index in [1.807, 2.05) is 0 Å². The van der Waals surface area contributed by atoms with Gasteiger partial charge in [0, 0.05) is 5.82 Å². The molecule has 1 aliphatic heterocycles. The normalized spacial score (nSPS) is 24.7. The SMILES string of the molecule is Nc1ncnc2c1ncn2[C@H]1CC[C@@H](/C=C/P(=O)(O)OP(=O)(O)OP(=O)(O)O)O1. The lowest BCUT2D eigenvalue weighted by Gasteiger charge is -2.15. The van der Waals surface area contributed by atoms with Crippen LogP contribution in [0, 0.1) is 0 Å². The van der Waals surface area contributed by atoms with Crippen LogP contribution in [0.15, 0.2) is 24.5 Å². The summed E-state index contributed by atoms with van der Waals surface area (Å²) in [6.07, 6.45) is 3.59. The molecule has 0 bridgehead atoms. The van der Waals surface area contributed by atoms with E-state index in [1.54, 1.807) is 4.57 Å². The third kappa shape index (κ3) is 5.77. The van der Waals surface area contributed by atoms with E-state index in [0.29, 0.717) is 29.8 Å². The highest BCUT2D eigenvalue weighted by Gasteiger charge is 2.38. The molecular weight excluding hydrogens is 455 g/mol. The third-order valence-electron chi connectivity index (χ3n) is 3.65. The molecule has 0 spiro atoms. The predicted molar refractivity (Wildman–Crippen MR) is 95.9 cm³/mol. The summed E-state index contributed by atoms with van der Waals surface area (Å²) in [4.78, 5) is 47.8. The van der Waals surface area contributed by atoms with Crippen molar-refractivity contribution in [3.8, 4) is 0 Å². The smallest absolute Gasteiger partial charge is 0.382 e. The van der Waals surface area contributed by atoms with Crippen molar-refractivity contribution in [2.45, 2.75) is 25.2 Å². The number of nitrogens with zero attached hydrogens (tertiary/aromatic N) is 4. The van der Waals surface area contributed by atoms with Crippen molar-refractivity contribution in [1.82, 2.24) is 19.5 Å². The van der Waals surface area contributed by atoms with E-state index in [-0.39, 0.29) is 5.82 Å². The van der Waals surface area contributed by atoms with Gasteiger partial charge in [0.2, 0.25) is 0 Å². The van der Waals surface area contributed by atoms with Crippen LogP contribution in [0.4, 0.5) is 5.82 Å². The van der Waals surface area contributed by atoms with E-state index in [2.05, 4.69) is 23.6 Å². The summed E-state index contributed by atoms with van der Waals surface area (Å²) in [5, 5.41) is 0. The van der Waals surface area contributed by atoms with E-state index >= 15 is 0 Å². The van der Waals surface area contributed by atoms with Crippen LogP contribution in [-0.4, -0.2) is 45.2 Å². The summed E-state index contributed by atoms with van der Waals surface area (Å²) in [5.41, 5.74) is 6.56. The molecule has 0 aromatic carbocycles. The second-order valence-corrected chi connectivity index (χ2v) is 10.5. The second kappa shape index (κ2) is 7.97. The van der Waals surface area contributed by atoms with E-state index in [1.165, 1.54) is 12.7 Å². The van der Waals surface area contributed by atoms with Crippen LogP contribution < -0.4 is 5.73 Å². The minimum absolute atomic E-state index is 0.201. The topological polar surface area (TPSA) is 229 Å². The molecule has 2 aromatic rings. The summed E-state index contributed by atoms with van der Waals surface area (Å²) in [6.45, 7) is 0. The summed E-state index contributed by atoms with van der Waals surface area (Å²) >= 11 is 0. The van der Waals surface area contributed by atoms with Crippen LogP contribution >= 0.6 is 23.2 Å². The highest BCUT2D eigenvalue weighted by molar-refractivity contribution is 7.69. The monoisotopic (exact) mass is 471 g/mol. The van der Waals surface area contributed by atoms with Crippen molar-refractivity contribution >= 4 is 40.2 Å². The number of nitrogen functional groups attached to an aromatic ring is 1. The van der Waals surface area contributed by atoms with Gasteiger partial charge in [-0.05, 0) is 18.9 Å². The molecule has 15 nitrogen and oxygen atoms in total. The number of hydrogen-bond donors (Lipinski definition) is 5. The fraction of sp³-hybridized carbons (Fsp3) is 0.364. The van der Waals surface area contributed by atoms with Gasteiger partial charge in [0.25, 0.3) is 0 Å². The Kier molecular flexibility index (Phi) is 6.10. The molecule has 160 valence electrons. The Morgan fingerprint density at radius 2 is 1.86 bits per heavy atom. The van der Waals surface area contributed by atoms with E-state index < -0.39 is 35.6 Å². The van der Waals surface area contributed by atoms with Gasteiger partial charge in [0.05, 0.1) is 12.4 Å². The number of imidazole rings is 1. The summed E-state index contributed by atoms with van der Waals surface area (Å²) in [6, 6.07) is 0. The van der Waals surface area contributed by atoms with Gasteiger partial charge < -0.3 is 30.0 Å². The minimum Gasteiger partial charge on any atom is -0.382 e. The van der Waals surface area contributed by atoms with Crippen LogP contribution in [0.5, 0.6) is 0 Å². The maximum absolute atomic E-state index is 11.9. The number of nitrogens with two attached hydrogens (primary N) is 1. The number of rotatable bonds is 7. The van der Waals surface area contributed by atoms with Gasteiger partial charge in [-0.25, -0.2) is 28.4 Å². The molecule has 2 aromatic heterocycles. The van der Waals surface area contributed by atoms with Crippen molar-refractivity contribution in [1.29, 1.82) is 0 Å². The van der Waals surface area contributed by atoms with E-state index in [0.717, 1.165) is 6.08 Å². The summed E-state index contributed by atoms with van der Waals surface area (Å²) in [5.74, 6) is 0.769. The first-order valence-electron chi connectivity index (χ1n) is 7.76. The maximum Gasteiger partial charge on any atom is 0.488 e. The van der Waals surface area contributed by atoms with E-state index in [4.69, 9.17) is 25.2 Å². The van der Waals surface area contributed by atoms with Gasteiger partial charge in [-0.15, -0.1) is 0 Å². The van der Waals surface area contributed by atoms with Crippen molar-refractivity contribution in [3.05, 3.63) is 24.5 Å². The first-order valence-corrected chi connectivity index (χ1v) is 12.4. The lowest BCUT2D eigenvalue weighted by atomic mass is 10.2. The number of phosphoric acid groups is 2. The largest absolute Gasteiger partial charge is 0.488 e. The highest BCUT2D eigenvalue weighted by Crippen LogP contribution is 2.66. The maximum atomic E-state index is 11.9. The van der Waals surface area contributed by atoms with Crippen LogP contribution in [0.25, 0.3) is 11.2 Å². The number of ether oxygens (including phenoxy) is 1. The highest BCUT2D eigenvalue weighted by atomic mass is 31.3. The summed E-state index contributed by atoms with van der Waals surface area (Å²) < 4.78 is 48.6. The average molecular weight is 471 g/mol. The Morgan fingerprint density at radius 1 is 1.14 bits per heavy atom. The lowest BCUT2D eigenvalue weighted by Crippen LogP contribution is -2.10.